The highest BCUT2D eigenvalue weighted by molar-refractivity contribution is 5.75. The van der Waals surface area contributed by atoms with Crippen molar-refractivity contribution >= 4 is 12.1 Å². The second kappa shape index (κ2) is 7.13. The van der Waals surface area contributed by atoms with Gasteiger partial charge in [0.25, 0.3) is 0 Å². The second-order valence-corrected chi connectivity index (χ2v) is 7.84. The van der Waals surface area contributed by atoms with Crippen molar-refractivity contribution in [2.75, 3.05) is 26.2 Å². The van der Waals surface area contributed by atoms with Crippen molar-refractivity contribution in [1.29, 1.82) is 0 Å². The number of hydrogen-bond donors (Lipinski definition) is 1. The number of nitrogens with zero attached hydrogens (tertiary/aromatic N) is 2. The van der Waals surface area contributed by atoms with E-state index in [0.717, 1.165) is 24.0 Å². The number of fused-ring (bicyclic) bond motifs is 1. The van der Waals surface area contributed by atoms with Crippen molar-refractivity contribution in [2.24, 2.45) is 0 Å². The molecular formula is C19H26FN3O3. The first kappa shape index (κ1) is 18.5. The molecule has 1 heterocycles. The van der Waals surface area contributed by atoms with E-state index in [2.05, 4.69) is 5.32 Å². The number of amides is 3. The lowest BCUT2D eigenvalue weighted by Crippen LogP contribution is -2.54. The molecule has 1 aliphatic carbocycles. The summed E-state index contributed by atoms with van der Waals surface area (Å²) < 4.78 is 18.7. The lowest BCUT2D eigenvalue weighted by atomic mass is 10.1. The molecule has 1 aromatic rings. The zero-order valence-electron chi connectivity index (χ0n) is 15.5. The zero-order chi connectivity index (χ0) is 18.9. The third-order valence-corrected chi connectivity index (χ3v) is 4.70. The Balaban J connectivity index is 1.51. The van der Waals surface area contributed by atoms with Crippen LogP contribution in [0.4, 0.5) is 14.0 Å². The van der Waals surface area contributed by atoms with Crippen molar-refractivity contribution in [1.82, 2.24) is 15.1 Å². The van der Waals surface area contributed by atoms with E-state index in [9.17, 15) is 14.0 Å². The van der Waals surface area contributed by atoms with Crippen LogP contribution in [-0.4, -0.2) is 53.7 Å². The average Bonchev–Trinajstić information content (AvgIpc) is 2.95. The van der Waals surface area contributed by atoms with Crippen molar-refractivity contribution in [3.05, 3.63) is 35.1 Å². The number of urea groups is 1. The van der Waals surface area contributed by atoms with Crippen LogP contribution in [0.3, 0.4) is 0 Å². The summed E-state index contributed by atoms with van der Waals surface area (Å²) in [4.78, 5) is 28.0. The van der Waals surface area contributed by atoms with Crippen LogP contribution in [0.2, 0.25) is 0 Å². The van der Waals surface area contributed by atoms with Crippen LogP contribution in [0, 0.1) is 5.82 Å². The first-order valence-electron chi connectivity index (χ1n) is 9.04. The van der Waals surface area contributed by atoms with Crippen LogP contribution >= 0.6 is 0 Å². The molecule has 3 amide bonds. The van der Waals surface area contributed by atoms with E-state index in [1.165, 1.54) is 6.07 Å². The summed E-state index contributed by atoms with van der Waals surface area (Å²) in [5.41, 5.74) is 1.43. The van der Waals surface area contributed by atoms with Crippen LogP contribution in [-0.2, 0) is 11.2 Å². The molecule has 2 aliphatic rings. The molecular weight excluding hydrogens is 337 g/mol. The number of rotatable bonds is 1. The van der Waals surface area contributed by atoms with Gasteiger partial charge in [-0.15, -0.1) is 0 Å². The molecule has 1 aromatic carbocycles. The van der Waals surface area contributed by atoms with Gasteiger partial charge in [-0.05, 0) is 56.9 Å². The van der Waals surface area contributed by atoms with Gasteiger partial charge in [-0.3, -0.25) is 0 Å². The monoisotopic (exact) mass is 363 g/mol. The second-order valence-electron chi connectivity index (χ2n) is 7.84. The molecule has 0 saturated carbocycles. The van der Waals surface area contributed by atoms with Crippen LogP contribution < -0.4 is 5.32 Å². The molecule has 142 valence electrons. The molecule has 7 heteroatoms. The molecule has 0 aromatic heterocycles. The summed E-state index contributed by atoms with van der Waals surface area (Å²) >= 11 is 0. The maximum Gasteiger partial charge on any atom is 0.410 e. The molecule has 1 fully saturated rings. The smallest absolute Gasteiger partial charge is 0.410 e. The Labute approximate surface area is 153 Å². The van der Waals surface area contributed by atoms with E-state index in [1.807, 2.05) is 20.8 Å². The van der Waals surface area contributed by atoms with Gasteiger partial charge in [-0.1, -0.05) is 6.07 Å². The molecule has 0 spiro atoms. The minimum atomic E-state index is -0.527. The van der Waals surface area contributed by atoms with E-state index in [4.69, 9.17) is 4.74 Å². The quantitative estimate of drug-likeness (QED) is 0.834. The molecule has 1 saturated heterocycles. The van der Waals surface area contributed by atoms with Gasteiger partial charge in [0.15, 0.2) is 0 Å². The number of aryl methyl sites for hydroxylation is 1. The topological polar surface area (TPSA) is 61.9 Å². The molecule has 1 atom stereocenters. The number of hydrogen-bond acceptors (Lipinski definition) is 3. The summed E-state index contributed by atoms with van der Waals surface area (Å²) in [7, 11) is 0. The van der Waals surface area contributed by atoms with Crippen LogP contribution in [0.1, 0.15) is 44.4 Å². The maximum atomic E-state index is 13.3. The molecule has 0 radical (unpaired) electrons. The summed E-state index contributed by atoms with van der Waals surface area (Å²) in [5, 5.41) is 3.04. The van der Waals surface area contributed by atoms with E-state index in [1.54, 1.807) is 21.9 Å². The molecule has 1 aliphatic heterocycles. The molecule has 0 bridgehead atoms. The Morgan fingerprint density at radius 2 is 1.81 bits per heavy atom. The van der Waals surface area contributed by atoms with Crippen LogP contribution in [0.15, 0.2) is 18.2 Å². The normalized spacial score (nSPS) is 19.9. The highest BCUT2D eigenvalue weighted by Gasteiger charge is 2.30. The van der Waals surface area contributed by atoms with Gasteiger partial charge in [0.1, 0.15) is 11.4 Å². The third kappa shape index (κ3) is 4.26. The highest BCUT2D eigenvalue weighted by atomic mass is 19.1. The number of piperazine rings is 1. The zero-order valence-corrected chi connectivity index (χ0v) is 15.5. The fourth-order valence-electron chi connectivity index (χ4n) is 3.39. The highest BCUT2D eigenvalue weighted by Crippen LogP contribution is 2.31. The van der Waals surface area contributed by atoms with E-state index in [-0.39, 0.29) is 24.0 Å². The lowest BCUT2D eigenvalue weighted by Gasteiger charge is -2.36. The van der Waals surface area contributed by atoms with Gasteiger partial charge in [0, 0.05) is 26.2 Å². The van der Waals surface area contributed by atoms with Gasteiger partial charge < -0.3 is 19.9 Å². The van der Waals surface area contributed by atoms with Gasteiger partial charge in [0.05, 0.1) is 6.04 Å². The minimum absolute atomic E-state index is 0.0815. The van der Waals surface area contributed by atoms with E-state index in [0.29, 0.717) is 26.2 Å². The molecule has 26 heavy (non-hydrogen) atoms. The van der Waals surface area contributed by atoms with Crippen molar-refractivity contribution in [3.8, 4) is 0 Å². The van der Waals surface area contributed by atoms with Gasteiger partial charge in [-0.25, -0.2) is 14.0 Å². The predicted octanol–water partition coefficient (Wildman–Crippen LogP) is 3.08. The van der Waals surface area contributed by atoms with E-state index < -0.39 is 5.60 Å². The number of carbonyl (C=O) groups excluding carboxylic acids is 2. The number of benzene rings is 1. The van der Waals surface area contributed by atoms with E-state index >= 15 is 0 Å². The number of halogens is 1. The number of ether oxygens (including phenoxy) is 1. The van der Waals surface area contributed by atoms with Crippen LogP contribution in [0.5, 0.6) is 0 Å². The Morgan fingerprint density at radius 1 is 1.15 bits per heavy atom. The number of nitrogens with one attached hydrogen (secondary N) is 1. The molecule has 1 N–H and O–H groups in total. The van der Waals surface area contributed by atoms with Gasteiger partial charge >= 0.3 is 12.1 Å². The molecule has 3 rings (SSSR count). The lowest BCUT2D eigenvalue weighted by molar-refractivity contribution is 0.0169. The van der Waals surface area contributed by atoms with Crippen molar-refractivity contribution in [2.45, 2.75) is 45.3 Å². The Bertz CT molecular complexity index is 694. The summed E-state index contributed by atoms with van der Waals surface area (Å²) in [5.74, 6) is -0.242. The number of carbonyl (C=O) groups is 2. The first-order valence-corrected chi connectivity index (χ1v) is 9.04. The maximum absolute atomic E-state index is 13.3. The van der Waals surface area contributed by atoms with Crippen molar-refractivity contribution < 1.29 is 18.7 Å². The minimum Gasteiger partial charge on any atom is -0.444 e. The summed E-state index contributed by atoms with van der Waals surface area (Å²) in [6.45, 7) is 7.34. The molecule has 6 nitrogen and oxygen atoms in total. The SMILES string of the molecule is CC(C)(C)OC(=O)N1CCN(C(=O)NC2CCc3cc(F)ccc32)CC1. The Hall–Kier alpha value is -2.31. The Morgan fingerprint density at radius 3 is 2.46 bits per heavy atom. The standard InChI is InChI=1S/C19H26FN3O3/c1-19(2,3)26-18(25)23-10-8-22(9-11-23)17(24)21-16-7-4-13-12-14(20)5-6-15(13)16/h5-6,12,16H,4,7-11H2,1-3H3,(H,21,24). The van der Waals surface area contributed by atoms with Crippen molar-refractivity contribution in [3.63, 3.8) is 0 Å². The average molecular weight is 363 g/mol. The third-order valence-electron chi connectivity index (χ3n) is 4.70. The first-order chi connectivity index (χ1) is 12.2. The fraction of sp³-hybridized carbons (Fsp3) is 0.579. The van der Waals surface area contributed by atoms with Gasteiger partial charge in [0.2, 0.25) is 0 Å². The summed E-state index contributed by atoms with van der Waals surface area (Å²) in [6, 6.07) is 4.51. The summed E-state index contributed by atoms with van der Waals surface area (Å²) in [6.07, 6.45) is 1.21. The largest absolute Gasteiger partial charge is 0.444 e. The molecule has 1 unspecified atom stereocenters. The fourth-order valence-corrected chi connectivity index (χ4v) is 3.39. The van der Waals surface area contributed by atoms with Crippen LogP contribution in [0.25, 0.3) is 0 Å². The predicted molar refractivity (Wildman–Crippen MR) is 95.4 cm³/mol. The van der Waals surface area contributed by atoms with Gasteiger partial charge in [-0.2, -0.15) is 0 Å². The Kier molecular flexibility index (Phi) is 5.07.